The van der Waals surface area contributed by atoms with Crippen molar-refractivity contribution < 1.29 is 4.92 Å². The van der Waals surface area contributed by atoms with Crippen LogP contribution in [0.25, 0.3) is 10.1 Å². The molecule has 2 aromatic rings. The molecular weight excluding hydrogens is 381 g/mol. The maximum atomic E-state index is 10.6. The second-order valence-electron chi connectivity index (χ2n) is 2.65. The molecule has 0 bridgehead atoms. The number of hydrogen-bond acceptors (Lipinski definition) is 3. The third kappa shape index (κ3) is 1.78. The molecule has 3 nitrogen and oxygen atoms in total. The Balaban J connectivity index is 2.77. The van der Waals surface area contributed by atoms with Gasteiger partial charge in [0.15, 0.2) is 0 Å². The fraction of sp³-hybridized carbons (Fsp3) is 0. The highest BCUT2D eigenvalue weighted by Gasteiger charge is 2.11. The van der Waals surface area contributed by atoms with Crippen LogP contribution in [0.2, 0.25) is 0 Å². The van der Waals surface area contributed by atoms with Crippen molar-refractivity contribution >= 4 is 65.6 Å². The second kappa shape index (κ2) is 3.74. The lowest BCUT2D eigenvalue weighted by molar-refractivity contribution is -0.384. The summed E-state index contributed by atoms with van der Waals surface area (Å²) in [4.78, 5) is 10.2. The van der Waals surface area contributed by atoms with E-state index in [1.807, 2.05) is 6.07 Å². The third-order valence-corrected chi connectivity index (χ3v) is 4.64. The van der Waals surface area contributed by atoms with E-state index >= 15 is 0 Å². The molecule has 1 aromatic heterocycles. The van der Waals surface area contributed by atoms with E-state index in [9.17, 15) is 10.1 Å². The van der Waals surface area contributed by atoms with Crippen LogP contribution in [0.3, 0.4) is 0 Å². The van der Waals surface area contributed by atoms with E-state index in [2.05, 4.69) is 38.5 Å². The van der Waals surface area contributed by atoms with Gasteiger partial charge in [0.1, 0.15) is 0 Å². The maximum absolute atomic E-state index is 10.6. The summed E-state index contributed by atoms with van der Waals surface area (Å²) in [7, 11) is 0. The number of nitro benzene ring substituents is 1. The average Bonchev–Trinajstić information content (AvgIpc) is 2.45. The van der Waals surface area contributed by atoms with Crippen molar-refractivity contribution in [3.8, 4) is 0 Å². The number of benzene rings is 1. The average molecular weight is 384 g/mol. The summed E-state index contributed by atoms with van der Waals surface area (Å²) in [6.45, 7) is 0. The Bertz CT molecular complexity index is 525. The first-order valence-electron chi connectivity index (χ1n) is 3.61. The molecule has 0 fully saturated rings. The van der Waals surface area contributed by atoms with E-state index in [-0.39, 0.29) is 10.6 Å². The van der Waals surface area contributed by atoms with Crippen LogP contribution in [-0.4, -0.2) is 4.92 Å². The standard InChI is InChI=1S/C8H3BrINO2S/c9-7-2-4-1-5(11(12)13)3-6(10)8(4)14-7/h1-3H. The summed E-state index contributed by atoms with van der Waals surface area (Å²) in [6, 6.07) is 5.08. The van der Waals surface area contributed by atoms with Crippen LogP contribution in [-0.2, 0) is 0 Å². The molecule has 0 aliphatic rings. The number of hydrogen-bond donors (Lipinski definition) is 0. The zero-order valence-corrected chi connectivity index (χ0v) is 11.2. The molecule has 0 atom stereocenters. The molecule has 0 unspecified atom stereocenters. The van der Waals surface area contributed by atoms with Crippen LogP contribution < -0.4 is 0 Å². The molecule has 2 rings (SSSR count). The van der Waals surface area contributed by atoms with Crippen molar-refractivity contribution in [3.63, 3.8) is 0 Å². The molecule has 6 heteroatoms. The lowest BCUT2D eigenvalue weighted by Gasteiger charge is -1.94. The van der Waals surface area contributed by atoms with Crippen molar-refractivity contribution in [3.05, 3.63) is 35.7 Å². The molecule has 0 saturated carbocycles. The second-order valence-corrected chi connectivity index (χ2v) is 6.25. The zero-order chi connectivity index (χ0) is 10.3. The van der Waals surface area contributed by atoms with Gasteiger partial charge in [-0.05, 0) is 44.6 Å². The van der Waals surface area contributed by atoms with Gasteiger partial charge in [-0.15, -0.1) is 11.3 Å². The van der Waals surface area contributed by atoms with Gasteiger partial charge in [0.05, 0.1) is 8.71 Å². The summed E-state index contributed by atoms with van der Waals surface area (Å²) < 4.78 is 3.00. The molecule has 1 aromatic carbocycles. The van der Waals surface area contributed by atoms with Crippen molar-refractivity contribution in [1.29, 1.82) is 0 Å². The number of nitrogens with zero attached hydrogens (tertiary/aromatic N) is 1. The number of rotatable bonds is 1. The Kier molecular flexibility index (Phi) is 2.76. The van der Waals surface area contributed by atoms with Gasteiger partial charge in [-0.3, -0.25) is 10.1 Å². The summed E-state index contributed by atoms with van der Waals surface area (Å²) in [5.41, 5.74) is 0.146. The Morgan fingerprint density at radius 3 is 2.79 bits per heavy atom. The molecule has 0 radical (unpaired) electrons. The number of non-ortho nitro benzene ring substituents is 1. The lowest BCUT2D eigenvalue weighted by atomic mass is 10.2. The van der Waals surface area contributed by atoms with Crippen LogP contribution in [0.1, 0.15) is 0 Å². The topological polar surface area (TPSA) is 43.1 Å². The minimum absolute atomic E-state index is 0.146. The predicted octanol–water partition coefficient (Wildman–Crippen LogP) is 4.18. The van der Waals surface area contributed by atoms with E-state index in [0.29, 0.717) is 0 Å². The Morgan fingerprint density at radius 1 is 1.43 bits per heavy atom. The minimum atomic E-state index is -0.368. The van der Waals surface area contributed by atoms with E-state index in [0.717, 1.165) is 17.4 Å². The monoisotopic (exact) mass is 383 g/mol. The number of fused-ring (bicyclic) bond motifs is 1. The zero-order valence-electron chi connectivity index (χ0n) is 6.66. The molecule has 0 aliphatic carbocycles. The largest absolute Gasteiger partial charge is 0.271 e. The molecule has 14 heavy (non-hydrogen) atoms. The lowest BCUT2D eigenvalue weighted by Crippen LogP contribution is -1.87. The van der Waals surface area contributed by atoms with Crippen LogP contribution in [0.4, 0.5) is 5.69 Å². The highest BCUT2D eigenvalue weighted by molar-refractivity contribution is 14.1. The third-order valence-electron chi connectivity index (χ3n) is 1.74. The first-order valence-corrected chi connectivity index (χ1v) is 6.30. The van der Waals surface area contributed by atoms with E-state index in [4.69, 9.17) is 0 Å². The SMILES string of the molecule is O=[N+]([O-])c1cc(I)c2sc(Br)cc2c1. The normalized spacial score (nSPS) is 10.7. The highest BCUT2D eigenvalue weighted by atomic mass is 127. The van der Waals surface area contributed by atoms with Crippen molar-refractivity contribution in [2.24, 2.45) is 0 Å². The van der Waals surface area contributed by atoms with Gasteiger partial charge < -0.3 is 0 Å². The fourth-order valence-corrected chi connectivity index (χ4v) is 3.64. The van der Waals surface area contributed by atoms with Crippen molar-refractivity contribution in [2.45, 2.75) is 0 Å². The summed E-state index contributed by atoms with van der Waals surface area (Å²) >= 11 is 7.07. The number of thiophene rings is 1. The van der Waals surface area contributed by atoms with Crippen molar-refractivity contribution in [2.75, 3.05) is 0 Å². The summed E-state index contributed by atoms with van der Waals surface area (Å²) in [5.74, 6) is 0. The molecule has 0 saturated heterocycles. The highest BCUT2D eigenvalue weighted by Crippen LogP contribution is 2.35. The van der Waals surface area contributed by atoms with Crippen molar-refractivity contribution in [1.82, 2.24) is 0 Å². The minimum Gasteiger partial charge on any atom is -0.258 e. The van der Waals surface area contributed by atoms with Gasteiger partial charge >= 0.3 is 0 Å². The Labute approximate surface area is 106 Å². The fourth-order valence-electron chi connectivity index (χ4n) is 1.17. The molecule has 72 valence electrons. The smallest absolute Gasteiger partial charge is 0.258 e. The van der Waals surface area contributed by atoms with Crippen LogP contribution in [0, 0.1) is 13.7 Å². The number of nitro groups is 1. The predicted molar refractivity (Wildman–Crippen MR) is 68.9 cm³/mol. The molecule has 0 aliphatic heterocycles. The van der Waals surface area contributed by atoms with Crippen LogP contribution in [0.15, 0.2) is 22.0 Å². The molecule has 0 spiro atoms. The van der Waals surface area contributed by atoms with Gasteiger partial charge in [0, 0.05) is 25.8 Å². The maximum Gasteiger partial charge on any atom is 0.271 e. The van der Waals surface area contributed by atoms with Gasteiger partial charge in [0.2, 0.25) is 0 Å². The van der Waals surface area contributed by atoms with E-state index in [1.165, 1.54) is 0 Å². The van der Waals surface area contributed by atoms with Gasteiger partial charge in [0.25, 0.3) is 5.69 Å². The summed E-state index contributed by atoms with van der Waals surface area (Å²) in [5, 5.41) is 11.5. The number of halogens is 2. The van der Waals surface area contributed by atoms with Gasteiger partial charge in [-0.1, -0.05) is 0 Å². The Morgan fingerprint density at radius 2 is 2.14 bits per heavy atom. The van der Waals surface area contributed by atoms with E-state index in [1.54, 1.807) is 23.5 Å². The van der Waals surface area contributed by atoms with Gasteiger partial charge in [-0.25, -0.2) is 0 Å². The van der Waals surface area contributed by atoms with Gasteiger partial charge in [-0.2, -0.15) is 0 Å². The molecule has 1 heterocycles. The van der Waals surface area contributed by atoms with Crippen LogP contribution >= 0.6 is 49.9 Å². The molecule has 0 amide bonds. The molecule has 0 N–H and O–H groups in total. The Hall–Kier alpha value is -0.210. The molecular formula is C8H3BrINO2S. The van der Waals surface area contributed by atoms with E-state index < -0.39 is 0 Å². The summed E-state index contributed by atoms with van der Waals surface area (Å²) in [6.07, 6.45) is 0. The quantitative estimate of drug-likeness (QED) is 0.421. The first-order chi connectivity index (χ1) is 6.58. The van der Waals surface area contributed by atoms with Crippen LogP contribution in [0.5, 0.6) is 0 Å². The first kappa shape index (κ1) is 10.3.